The smallest absolute Gasteiger partial charge is 0.272 e. The summed E-state index contributed by atoms with van der Waals surface area (Å²) in [7, 11) is 0. The van der Waals surface area contributed by atoms with Gasteiger partial charge in [0.15, 0.2) is 5.69 Å². The predicted molar refractivity (Wildman–Crippen MR) is 93.8 cm³/mol. The third-order valence-electron chi connectivity index (χ3n) is 4.09. The number of carbonyl (C=O) groups excluding carboxylic acids is 1. The van der Waals surface area contributed by atoms with Gasteiger partial charge < -0.3 is 5.32 Å². The van der Waals surface area contributed by atoms with E-state index in [-0.39, 0.29) is 29.0 Å². The van der Waals surface area contributed by atoms with Gasteiger partial charge in [0, 0.05) is 5.39 Å². The summed E-state index contributed by atoms with van der Waals surface area (Å²) in [6, 6.07) is 12.5. The summed E-state index contributed by atoms with van der Waals surface area (Å²) in [5.74, 6) is -0.634. The van der Waals surface area contributed by atoms with Gasteiger partial charge >= 0.3 is 0 Å². The number of halogens is 1. The molecule has 1 aromatic heterocycles. The Morgan fingerprint density at radius 1 is 1.08 bits per heavy atom. The van der Waals surface area contributed by atoms with Crippen LogP contribution in [0.4, 0.5) is 4.39 Å². The molecule has 6 heteroatoms. The summed E-state index contributed by atoms with van der Waals surface area (Å²) in [5.41, 5.74) is 0.618. The molecule has 128 valence electrons. The van der Waals surface area contributed by atoms with Crippen molar-refractivity contribution in [3.63, 3.8) is 0 Å². The van der Waals surface area contributed by atoms with Gasteiger partial charge in [-0.3, -0.25) is 9.59 Å². The molecule has 0 saturated heterocycles. The molecular weight excluding hydrogens is 321 g/mol. The summed E-state index contributed by atoms with van der Waals surface area (Å²) in [6.45, 7) is 3.93. The van der Waals surface area contributed by atoms with Crippen LogP contribution in [-0.4, -0.2) is 16.1 Å². The minimum atomic E-state index is -0.393. The average Bonchev–Trinajstić information content (AvgIpc) is 2.61. The number of aromatic nitrogens is 2. The van der Waals surface area contributed by atoms with Gasteiger partial charge in [0.25, 0.3) is 11.5 Å². The van der Waals surface area contributed by atoms with Crippen LogP contribution >= 0.6 is 0 Å². The fourth-order valence-corrected chi connectivity index (χ4v) is 2.80. The Bertz CT molecular complexity index is 964. The van der Waals surface area contributed by atoms with E-state index in [1.807, 2.05) is 13.8 Å². The van der Waals surface area contributed by atoms with Gasteiger partial charge in [0.2, 0.25) is 0 Å². The van der Waals surface area contributed by atoms with Crippen molar-refractivity contribution < 1.29 is 9.18 Å². The molecule has 0 fully saturated rings. The van der Waals surface area contributed by atoms with E-state index in [1.54, 1.807) is 36.4 Å². The molecule has 0 aliphatic carbocycles. The fourth-order valence-electron chi connectivity index (χ4n) is 2.80. The molecule has 0 bridgehead atoms. The Hall–Kier alpha value is -3.02. The van der Waals surface area contributed by atoms with Crippen molar-refractivity contribution in [1.29, 1.82) is 0 Å². The number of H-pyrrole nitrogens is 1. The highest BCUT2D eigenvalue weighted by atomic mass is 19.1. The maximum atomic E-state index is 13.2. The van der Waals surface area contributed by atoms with E-state index in [1.165, 1.54) is 12.1 Å². The zero-order chi connectivity index (χ0) is 18.0. The molecule has 5 nitrogen and oxygen atoms in total. The summed E-state index contributed by atoms with van der Waals surface area (Å²) in [6.07, 6.45) is 0. The van der Waals surface area contributed by atoms with E-state index in [9.17, 15) is 14.0 Å². The van der Waals surface area contributed by atoms with Crippen LogP contribution < -0.4 is 10.9 Å². The Labute approximate surface area is 143 Å². The molecule has 1 amide bonds. The molecule has 0 radical (unpaired) electrons. The fraction of sp³-hybridized carbons (Fsp3) is 0.211. The van der Waals surface area contributed by atoms with Gasteiger partial charge in [-0.25, -0.2) is 9.49 Å². The quantitative estimate of drug-likeness (QED) is 0.766. The zero-order valence-corrected chi connectivity index (χ0v) is 13.9. The number of rotatable bonds is 4. The lowest BCUT2D eigenvalue weighted by atomic mass is 9.95. The number of benzene rings is 2. The lowest BCUT2D eigenvalue weighted by Crippen LogP contribution is -2.33. The second-order valence-electron chi connectivity index (χ2n) is 6.19. The van der Waals surface area contributed by atoms with E-state index < -0.39 is 5.91 Å². The van der Waals surface area contributed by atoms with E-state index >= 15 is 0 Å². The van der Waals surface area contributed by atoms with E-state index in [4.69, 9.17) is 0 Å². The molecular formula is C19H18FN3O2. The van der Waals surface area contributed by atoms with Crippen LogP contribution in [0.25, 0.3) is 10.8 Å². The molecule has 0 spiro atoms. The van der Waals surface area contributed by atoms with E-state index in [0.29, 0.717) is 10.8 Å². The molecule has 2 aromatic carbocycles. The topological polar surface area (TPSA) is 74.8 Å². The van der Waals surface area contributed by atoms with Crippen molar-refractivity contribution in [1.82, 2.24) is 15.5 Å². The lowest BCUT2D eigenvalue weighted by Gasteiger charge is -2.23. The third kappa shape index (κ3) is 3.42. The third-order valence-corrected chi connectivity index (χ3v) is 4.09. The Morgan fingerprint density at radius 2 is 1.72 bits per heavy atom. The van der Waals surface area contributed by atoms with Crippen molar-refractivity contribution in [3.8, 4) is 0 Å². The van der Waals surface area contributed by atoms with Crippen LogP contribution in [0.15, 0.2) is 53.3 Å². The Balaban J connectivity index is 1.96. The van der Waals surface area contributed by atoms with Crippen LogP contribution in [0.5, 0.6) is 0 Å². The second kappa shape index (κ2) is 6.84. The molecule has 3 rings (SSSR count). The maximum absolute atomic E-state index is 13.2. The monoisotopic (exact) mass is 339 g/mol. The number of hydrogen-bond donors (Lipinski definition) is 2. The Morgan fingerprint density at radius 3 is 2.36 bits per heavy atom. The lowest BCUT2D eigenvalue weighted by molar-refractivity contribution is 0.0921. The molecule has 1 atom stereocenters. The van der Waals surface area contributed by atoms with Crippen molar-refractivity contribution in [2.45, 2.75) is 19.9 Å². The normalized spacial score (nSPS) is 12.3. The van der Waals surface area contributed by atoms with Crippen LogP contribution in [-0.2, 0) is 0 Å². The van der Waals surface area contributed by atoms with Crippen LogP contribution in [0.2, 0.25) is 0 Å². The van der Waals surface area contributed by atoms with Crippen LogP contribution in [0, 0.1) is 11.7 Å². The van der Waals surface area contributed by atoms with Crippen molar-refractivity contribution in [2.75, 3.05) is 0 Å². The first-order chi connectivity index (χ1) is 12.0. The molecule has 0 unspecified atom stereocenters. The van der Waals surface area contributed by atoms with Crippen molar-refractivity contribution in [2.24, 2.45) is 5.92 Å². The number of carbonyl (C=O) groups is 1. The first-order valence-corrected chi connectivity index (χ1v) is 8.01. The highest BCUT2D eigenvalue weighted by Gasteiger charge is 2.21. The minimum Gasteiger partial charge on any atom is -0.344 e. The number of aromatic amines is 1. The Kier molecular flexibility index (Phi) is 4.61. The summed E-state index contributed by atoms with van der Waals surface area (Å²) in [5, 5.41) is 10.1. The molecule has 0 saturated carbocycles. The molecule has 1 heterocycles. The molecule has 3 aromatic rings. The first kappa shape index (κ1) is 16.8. The number of amides is 1. The minimum absolute atomic E-state index is 0.0865. The number of fused-ring (bicyclic) bond motifs is 1. The highest BCUT2D eigenvalue weighted by Crippen LogP contribution is 2.23. The van der Waals surface area contributed by atoms with E-state index in [2.05, 4.69) is 15.5 Å². The first-order valence-electron chi connectivity index (χ1n) is 8.01. The molecule has 2 N–H and O–H groups in total. The van der Waals surface area contributed by atoms with Crippen molar-refractivity contribution in [3.05, 3.63) is 76.0 Å². The van der Waals surface area contributed by atoms with Gasteiger partial charge in [0.05, 0.1) is 11.4 Å². The average molecular weight is 339 g/mol. The summed E-state index contributed by atoms with van der Waals surface area (Å²) < 4.78 is 13.2. The standard InChI is InChI=1S/C19H18FN3O2/c1-11(2)16(12-7-9-13(20)10-8-12)21-19(25)17-14-5-3-4-6-15(14)18(24)23-22-17/h3-11,16H,1-2H3,(H,21,25)(H,23,24)/t16-/m1/s1. The maximum Gasteiger partial charge on any atom is 0.272 e. The predicted octanol–water partition coefficient (Wildman–Crippen LogP) is 3.19. The number of hydrogen-bond acceptors (Lipinski definition) is 3. The van der Waals surface area contributed by atoms with Gasteiger partial charge in [-0.15, -0.1) is 0 Å². The largest absolute Gasteiger partial charge is 0.344 e. The summed E-state index contributed by atoms with van der Waals surface area (Å²) in [4.78, 5) is 24.6. The van der Waals surface area contributed by atoms with Gasteiger partial charge in [0.1, 0.15) is 5.82 Å². The highest BCUT2D eigenvalue weighted by molar-refractivity contribution is 6.04. The van der Waals surface area contributed by atoms with Crippen LogP contribution in [0.3, 0.4) is 0 Å². The van der Waals surface area contributed by atoms with E-state index in [0.717, 1.165) is 5.56 Å². The SMILES string of the molecule is CC(C)[C@@H](NC(=O)c1n[nH]c(=O)c2ccccc12)c1ccc(F)cc1. The van der Waals surface area contributed by atoms with Gasteiger partial charge in [-0.05, 0) is 29.7 Å². The van der Waals surface area contributed by atoms with Crippen molar-refractivity contribution >= 4 is 16.7 Å². The molecule has 25 heavy (non-hydrogen) atoms. The number of nitrogens with zero attached hydrogens (tertiary/aromatic N) is 1. The summed E-state index contributed by atoms with van der Waals surface area (Å²) >= 11 is 0. The van der Waals surface area contributed by atoms with Gasteiger partial charge in [-0.2, -0.15) is 5.10 Å². The molecule has 0 aliphatic rings. The van der Waals surface area contributed by atoms with Crippen LogP contribution in [0.1, 0.15) is 35.9 Å². The zero-order valence-electron chi connectivity index (χ0n) is 13.9. The second-order valence-corrected chi connectivity index (χ2v) is 6.19. The van der Waals surface area contributed by atoms with Gasteiger partial charge in [-0.1, -0.05) is 44.2 Å². The number of nitrogens with one attached hydrogen (secondary N) is 2. The molecule has 0 aliphatic heterocycles.